The summed E-state index contributed by atoms with van der Waals surface area (Å²) in [6, 6.07) is 20.9. The Bertz CT molecular complexity index is 1430. The molecule has 9 heteroatoms. The molecule has 33 heavy (non-hydrogen) atoms. The molecule has 172 valence electrons. The highest BCUT2D eigenvalue weighted by Crippen LogP contribution is 2.38. The fraction of sp³-hybridized carbons (Fsp3) is 0.208. The van der Waals surface area contributed by atoms with Crippen LogP contribution >= 0.6 is 0 Å². The average molecular weight is 484 g/mol. The maximum atomic E-state index is 13.7. The smallest absolute Gasteiger partial charge is 0.279 e. The van der Waals surface area contributed by atoms with Crippen LogP contribution in [0.1, 0.15) is 34.7 Å². The van der Waals surface area contributed by atoms with E-state index in [-0.39, 0.29) is 4.90 Å². The Morgan fingerprint density at radius 1 is 0.909 bits per heavy atom. The largest absolute Gasteiger partial charge is 0.284 e. The lowest BCUT2D eigenvalue weighted by Crippen LogP contribution is -2.27. The molecule has 1 aliphatic heterocycles. The van der Waals surface area contributed by atoms with Crippen LogP contribution in [0.15, 0.2) is 82.8 Å². The van der Waals surface area contributed by atoms with Crippen LogP contribution in [0.5, 0.6) is 0 Å². The van der Waals surface area contributed by atoms with Gasteiger partial charge in [-0.3, -0.25) is 4.72 Å². The van der Waals surface area contributed by atoms with Crippen molar-refractivity contribution < 1.29 is 16.8 Å². The second-order valence-corrected chi connectivity index (χ2v) is 11.7. The molecule has 0 unspecified atom stereocenters. The second-order valence-electron chi connectivity index (χ2n) is 8.18. The molecular formula is C24H25N3O4S2. The third kappa shape index (κ3) is 4.94. The Kier molecular flexibility index (Phi) is 6.02. The van der Waals surface area contributed by atoms with Gasteiger partial charge in [-0.1, -0.05) is 60.2 Å². The summed E-state index contributed by atoms with van der Waals surface area (Å²) in [5.74, 6) is 0. The predicted octanol–water partition coefficient (Wildman–Crippen LogP) is 4.21. The first-order chi connectivity index (χ1) is 15.5. The van der Waals surface area contributed by atoms with E-state index < -0.39 is 26.1 Å². The van der Waals surface area contributed by atoms with Crippen LogP contribution < -0.4 is 4.72 Å². The van der Waals surface area contributed by atoms with E-state index in [1.807, 2.05) is 31.2 Å². The Hall–Kier alpha value is -3.17. The molecule has 0 aliphatic carbocycles. The molecule has 0 amide bonds. The summed E-state index contributed by atoms with van der Waals surface area (Å²) in [6.07, 6.45) is 1.44. The lowest BCUT2D eigenvalue weighted by molar-refractivity contribution is 0.371. The molecule has 1 heterocycles. The molecular weight excluding hydrogens is 458 g/mol. The highest BCUT2D eigenvalue weighted by molar-refractivity contribution is 7.92. The molecule has 7 nitrogen and oxygen atoms in total. The number of hydrazone groups is 1. The maximum absolute atomic E-state index is 13.7. The normalized spacial score (nSPS) is 16.5. The summed E-state index contributed by atoms with van der Waals surface area (Å²) in [6.45, 7) is 3.73. The van der Waals surface area contributed by atoms with Crippen LogP contribution in [0.25, 0.3) is 0 Å². The van der Waals surface area contributed by atoms with Crippen LogP contribution in [-0.4, -0.2) is 33.2 Å². The first kappa shape index (κ1) is 23.0. The molecule has 1 aliphatic rings. The van der Waals surface area contributed by atoms with Gasteiger partial charge in [0.05, 0.1) is 22.9 Å². The van der Waals surface area contributed by atoms with Gasteiger partial charge < -0.3 is 0 Å². The molecule has 3 aromatic carbocycles. The van der Waals surface area contributed by atoms with Gasteiger partial charge >= 0.3 is 0 Å². The summed E-state index contributed by atoms with van der Waals surface area (Å²) in [5.41, 5.74) is 4.17. The van der Waals surface area contributed by atoms with Gasteiger partial charge in [-0.25, -0.2) is 8.42 Å². The fourth-order valence-electron chi connectivity index (χ4n) is 3.84. The Morgan fingerprint density at radius 2 is 1.61 bits per heavy atom. The zero-order chi connectivity index (χ0) is 23.8. The number of anilines is 1. The van der Waals surface area contributed by atoms with E-state index in [0.717, 1.165) is 17.4 Å². The van der Waals surface area contributed by atoms with E-state index in [4.69, 9.17) is 0 Å². The first-order valence-corrected chi connectivity index (χ1v) is 13.7. The molecule has 0 fully saturated rings. The predicted molar refractivity (Wildman–Crippen MR) is 130 cm³/mol. The van der Waals surface area contributed by atoms with Crippen molar-refractivity contribution in [3.63, 3.8) is 0 Å². The summed E-state index contributed by atoms with van der Waals surface area (Å²) in [7, 11) is -7.37. The Balaban J connectivity index is 1.80. The minimum Gasteiger partial charge on any atom is -0.284 e. The number of aryl methyl sites for hydroxylation is 2. The zero-order valence-electron chi connectivity index (χ0n) is 18.6. The van der Waals surface area contributed by atoms with Gasteiger partial charge in [0.25, 0.3) is 10.0 Å². The summed E-state index contributed by atoms with van der Waals surface area (Å²) < 4.78 is 54.3. The van der Waals surface area contributed by atoms with Crippen LogP contribution in [0.3, 0.4) is 0 Å². The van der Waals surface area contributed by atoms with Gasteiger partial charge in [-0.15, -0.1) is 0 Å². The third-order valence-corrected chi connectivity index (χ3v) is 7.90. The van der Waals surface area contributed by atoms with Crippen LogP contribution in [0.4, 0.5) is 5.69 Å². The van der Waals surface area contributed by atoms with Crippen molar-refractivity contribution in [1.82, 2.24) is 4.41 Å². The molecule has 0 saturated heterocycles. The van der Waals surface area contributed by atoms with Gasteiger partial charge in [0, 0.05) is 12.1 Å². The molecule has 0 spiro atoms. The van der Waals surface area contributed by atoms with Crippen LogP contribution in [0.2, 0.25) is 0 Å². The van der Waals surface area contributed by atoms with E-state index in [0.29, 0.717) is 28.9 Å². The van der Waals surface area contributed by atoms with Crippen molar-refractivity contribution in [2.75, 3.05) is 11.0 Å². The second kappa shape index (κ2) is 8.64. The molecule has 0 radical (unpaired) electrons. The lowest BCUT2D eigenvalue weighted by atomic mass is 9.98. The molecule has 0 bridgehead atoms. The van der Waals surface area contributed by atoms with Crippen molar-refractivity contribution in [2.24, 2.45) is 5.10 Å². The maximum Gasteiger partial charge on any atom is 0.279 e. The highest BCUT2D eigenvalue weighted by atomic mass is 32.2. The molecule has 3 aromatic rings. The summed E-state index contributed by atoms with van der Waals surface area (Å²) in [5, 5.41) is 4.55. The van der Waals surface area contributed by atoms with E-state index in [1.165, 1.54) is 4.41 Å². The topological polar surface area (TPSA) is 95.9 Å². The number of hydrogen-bond donors (Lipinski definition) is 1. The quantitative estimate of drug-likeness (QED) is 0.568. The van der Waals surface area contributed by atoms with E-state index >= 15 is 0 Å². The van der Waals surface area contributed by atoms with Gasteiger partial charge in [0.1, 0.15) is 0 Å². The van der Waals surface area contributed by atoms with Gasteiger partial charge in [0.2, 0.25) is 10.0 Å². The number of hydrogen-bond acceptors (Lipinski definition) is 5. The van der Waals surface area contributed by atoms with Crippen molar-refractivity contribution in [3.8, 4) is 0 Å². The molecule has 1 atom stereocenters. The number of nitrogens with zero attached hydrogens (tertiary/aromatic N) is 2. The minimum atomic E-state index is -3.92. The fourth-order valence-corrected chi connectivity index (χ4v) is 6.06. The number of benzene rings is 3. The summed E-state index contributed by atoms with van der Waals surface area (Å²) in [4.78, 5) is 0.208. The third-order valence-electron chi connectivity index (χ3n) is 5.45. The van der Waals surface area contributed by atoms with Crippen LogP contribution in [-0.2, 0) is 20.0 Å². The van der Waals surface area contributed by atoms with Crippen molar-refractivity contribution in [2.45, 2.75) is 31.2 Å². The van der Waals surface area contributed by atoms with Crippen molar-refractivity contribution in [1.29, 1.82) is 0 Å². The Labute approximate surface area is 194 Å². The minimum absolute atomic E-state index is 0.208. The number of sulfonamides is 2. The number of nitrogens with one attached hydrogen (secondary N) is 1. The molecule has 4 rings (SSSR count). The van der Waals surface area contributed by atoms with Gasteiger partial charge in [-0.05, 0) is 48.7 Å². The number of rotatable bonds is 6. The zero-order valence-corrected chi connectivity index (χ0v) is 20.2. The Morgan fingerprint density at radius 3 is 2.27 bits per heavy atom. The van der Waals surface area contributed by atoms with E-state index in [1.54, 1.807) is 55.5 Å². The van der Waals surface area contributed by atoms with E-state index in [9.17, 15) is 16.8 Å². The SMILES string of the molecule is Cc1ccc([C@@H]2CC(c3cccc(NS(C)(=O)=O)c3)=NN2S(=O)(=O)c2ccccc2C)cc1. The van der Waals surface area contributed by atoms with Crippen molar-refractivity contribution >= 4 is 31.4 Å². The monoisotopic (exact) mass is 483 g/mol. The molecule has 0 aromatic heterocycles. The lowest BCUT2D eigenvalue weighted by Gasteiger charge is -2.24. The van der Waals surface area contributed by atoms with Crippen molar-refractivity contribution in [3.05, 3.63) is 95.1 Å². The first-order valence-electron chi connectivity index (χ1n) is 10.4. The highest BCUT2D eigenvalue weighted by Gasteiger charge is 2.38. The average Bonchev–Trinajstić information content (AvgIpc) is 3.20. The van der Waals surface area contributed by atoms with Gasteiger partial charge in [-0.2, -0.15) is 17.9 Å². The molecule has 1 N–H and O–H groups in total. The standard InChI is InChI=1S/C24H25N3O4S2/c1-17-11-13-19(14-12-17)23-16-22(20-8-6-9-21(15-20)26-32(3,28)29)25-27(23)33(30,31)24-10-5-4-7-18(24)2/h4-15,23,26H,16H2,1-3H3/t23-/m0/s1. The summed E-state index contributed by atoms with van der Waals surface area (Å²) >= 11 is 0. The van der Waals surface area contributed by atoms with E-state index in [2.05, 4.69) is 9.82 Å². The molecule has 0 saturated carbocycles. The van der Waals surface area contributed by atoms with Crippen LogP contribution in [0, 0.1) is 13.8 Å². The van der Waals surface area contributed by atoms with Gasteiger partial charge in [0.15, 0.2) is 0 Å².